The van der Waals surface area contributed by atoms with Crippen molar-refractivity contribution in [2.45, 2.75) is 38.6 Å². The molecule has 6 nitrogen and oxygen atoms in total. The minimum Gasteiger partial charge on any atom is -0.487 e. The Morgan fingerprint density at radius 3 is 2.33 bits per heavy atom. The molecular formula is C23H20F4N2O4. The minimum atomic E-state index is -4.59. The van der Waals surface area contributed by atoms with Crippen LogP contribution in [0.4, 0.5) is 17.6 Å². The molecule has 33 heavy (non-hydrogen) atoms. The Kier molecular flexibility index (Phi) is 6.57. The second kappa shape index (κ2) is 9.05. The first-order valence-corrected chi connectivity index (χ1v) is 9.88. The van der Waals surface area contributed by atoms with E-state index in [9.17, 15) is 32.3 Å². The van der Waals surface area contributed by atoms with Gasteiger partial charge in [0.15, 0.2) is 0 Å². The van der Waals surface area contributed by atoms with Crippen LogP contribution in [-0.4, -0.2) is 27.5 Å². The number of aliphatic carboxylic acids is 1. The van der Waals surface area contributed by atoms with Gasteiger partial charge >= 0.3 is 12.1 Å². The number of nitrogens with one attached hydrogen (secondary N) is 1. The number of benzene rings is 2. The molecule has 0 aliphatic carbocycles. The molecule has 1 amide bonds. The fraction of sp³-hybridized carbons (Fsp3) is 0.261. The van der Waals surface area contributed by atoms with E-state index in [1.165, 1.54) is 25.1 Å². The highest BCUT2D eigenvalue weighted by Crippen LogP contribution is 2.33. The van der Waals surface area contributed by atoms with E-state index in [4.69, 9.17) is 4.74 Å². The molecule has 0 bridgehead atoms. The number of pyridine rings is 1. The lowest BCUT2D eigenvalue weighted by Crippen LogP contribution is -2.51. The van der Waals surface area contributed by atoms with Crippen molar-refractivity contribution >= 4 is 22.6 Å². The number of alkyl halides is 3. The van der Waals surface area contributed by atoms with Gasteiger partial charge in [-0.05, 0) is 25.5 Å². The fourth-order valence-electron chi connectivity index (χ4n) is 3.07. The van der Waals surface area contributed by atoms with Crippen LogP contribution in [0.5, 0.6) is 5.75 Å². The maximum Gasteiger partial charge on any atom is 0.433 e. The maximum atomic E-state index is 14.7. The number of fused-ring (bicyclic) bond motifs is 1. The Morgan fingerprint density at radius 2 is 1.79 bits per heavy atom. The molecule has 1 atom stereocenters. The van der Waals surface area contributed by atoms with E-state index in [1.807, 2.05) is 0 Å². The molecule has 0 aliphatic heterocycles. The number of rotatable bonds is 7. The number of carbonyl (C=O) groups excluding carboxylic acids is 1. The summed E-state index contributed by atoms with van der Waals surface area (Å²) in [5.41, 5.74) is -2.63. The number of halogens is 4. The van der Waals surface area contributed by atoms with Gasteiger partial charge in [-0.3, -0.25) is 9.78 Å². The SMILES string of the molecule is CC[C@@](C)(NC(=O)c1cc(F)c2ccccc2c1OCc1ccc(C(F)(F)F)nc1)C(=O)O. The first-order valence-electron chi connectivity index (χ1n) is 9.88. The van der Waals surface area contributed by atoms with Gasteiger partial charge in [0.05, 0.1) is 5.56 Å². The number of hydrogen-bond donors (Lipinski definition) is 2. The zero-order valence-corrected chi connectivity index (χ0v) is 17.7. The second-order valence-corrected chi connectivity index (χ2v) is 7.56. The molecule has 2 N–H and O–H groups in total. The van der Waals surface area contributed by atoms with E-state index in [0.717, 1.165) is 18.3 Å². The molecule has 174 valence electrons. The van der Waals surface area contributed by atoms with Crippen LogP contribution in [0.3, 0.4) is 0 Å². The molecule has 0 unspecified atom stereocenters. The van der Waals surface area contributed by atoms with Crippen LogP contribution in [0.25, 0.3) is 10.8 Å². The molecule has 10 heteroatoms. The summed E-state index contributed by atoms with van der Waals surface area (Å²) < 4.78 is 58.7. The van der Waals surface area contributed by atoms with Crippen LogP contribution >= 0.6 is 0 Å². The van der Waals surface area contributed by atoms with E-state index in [2.05, 4.69) is 10.3 Å². The molecule has 0 radical (unpaired) electrons. The topological polar surface area (TPSA) is 88.5 Å². The van der Waals surface area contributed by atoms with Gasteiger partial charge in [0.25, 0.3) is 5.91 Å². The zero-order valence-electron chi connectivity index (χ0n) is 17.7. The number of ether oxygens (including phenoxy) is 1. The van der Waals surface area contributed by atoms with Gasteiger partial charge in [-0.1, -0.05) is 37.3 Å². The van der Waals surface area contributed by atoms with Crippen molar-refractivity contribution in [1.82, 2.24) is 10.3 Å². The Balaban J connectivity index is 1.99. The third-order valence-electron chi connectivity index (χ3n) is 5.26. The van der Waals surface area contributed by atoms with Crippen LogP contribution in [0.15, 0.2) is 48.7 Å². The second-order valence-electron chi connectivity index (χ2n) is 7.56. The van der Waals surface area contributed by atoms with Gasteiger partial charge in [-0.15, -0.1) is 0 Å². The summed E-state index contributed by atoms with van der Waals surface area (Å²) in [6.45, 7) is 2.63. The van der Waals surface area contributed by atoms with Gasteiger partial charge in [-0.2, -0.15) is 13.2 Å². The minimum absolute atomic E-state index is 0.0340. The number of carbonyl (C=O) groups is 2. The summed E-state index contributed by atoms with van der Waals surface area (Å²) in [7, 11) is 0. The standard InChI is InChI=1S/C23H20F4N2O4/c1-3-22(2,21(31)32)29-20(30)16-10-17(24)14-6-4-5-7-15(14)19(16)33-12-13-8-9-18(28-11-13)23(25,26)27/h4-11H,3,12H2,1-2H3,(H,29,30)(H,31,32)/t22-/m1/s1. The summed E-state index contributed by atoms with van der Waals surface area (Å²) in [6.07, 6.45) is -3.53. The van der Waals surface area contributed by atoms with Crippen molar-refractivity contribution < 1.29 is 37.0 Å². The predicted molar refractivity (Wildman–Crippen MR) is 111 cm³/mol. The quantitative estimate of drug-likeness (QED) is 0.483. The van der Waals surface area contributed by atoms with Gasteiger partial charge in [-0.25, -0.2) is 9.18 Å². The summed E-state index contributed by atoms with van der Waals surface area (Å²) in [5, 5.41) is 12.2. The largest absolute Gasteiger partial charge is 0.487 e. The molecular weight excluding hydrogens is 444 g/mol. The average molecular weight is 464 g/mol. The van der Waals surface area contributed by atoms with Crippen molar-refractivity contribution in [3.63, 3.8) is 0 Å². The van der Waals surface area contributed by atoms with Crippen LogP contribution in [0.2, 0.25) is 0 Å². The number of amides is 1. The monoisotopic (exact) mass is 464 g/mol. The van der Waals surface area contributed by atoms with Gasteiger partial charge in [0, 0.05) is 22.5 Å². The van der Waals surface area contributed by atoms with Crippen molar-refractivity contribution in [1.29, 1.82) is 0 Å². The summed E-state index contributed by atoms with van der Waals surface area (Å²) in [5.74, 6) is -2.88. The number of aromatic nitrogens is 1. The van der Waals surface area contributed by atoms with Crippen molar-refractivity contribution in [2.75, 3.05) is 0 Å². The summed E-state index contributed by atoms with van der Waals surface area (Å²) in [6, 6.07) is 9.11. The lowest BCUT2D eigenvalue weighted by Gasteiger charge is -2.25. The van der Waals surface area contributed by atoms with Crippen LogP contribution < -0.4 is 10.1 Å². The fourth-order valence-corrected chi connectivity index (χ4v) is 3.07. The van der Waals surface area contributed by atoms with Crippen LogP contribution in [-0.2, 0) is 17.6 Å². The number of carboxylic acids is 1. The predicted octanol–water partition coefficient (Wildman–Crippen LogP) is 4.95. The average Bonchev–Trinajstić information content (AvgIpc) is 2.77. The Bertz CT molecular complexity index is 1200. The molecule has 2 aromatic carbocycles. The highest BCUT2D eigenvalue weighted by molar-refractivity contribution is 6.05. The molecule has 0 saturated heterocycles. The maximum absolute atomic E-state index is 14.7. The van der Waals surface area contributed by atoms with Crippen molar-refractivity contribution in [2.24, 2.45) is 0 Å². The van der Waals surface area contributed by atoms with E-state index < -0.39 is 35.1 Å². The van der Waals surface area contributed by atoms with E-state index in [0.29, 0.717) is 0 Å². The molecule has 3 rings (SSSR count). The first-order chi connectivity index (χ1) is 15.5. The lowest BCUT2D eigenvalue weighted by atomic mass is 9.97. The molecule has 0 saturated carbocycles. The van der Waals surface area contributed by atoms with E-state index in [-0.39, 0.29) is 40.7 Å². The summed E-state index contributed by atoms with van der Waals surface area (Å²) >= 11 is 0. The highest BCUT2D eigenvalue weighted by atomic mass is 19.4. The first kappa shape index (κ1) is 24.0. The number of carboxylic acid groups (broad SMARTS) is 1. The van der Waals surface area contributed by atoms with Gasteiger partial charge in [0.2, 0.25) is 0 Å². The van der Waals surface area contributed by atoms with E-state index in [1.54, 1.807) is 19.1 Å². The smallest absolute Gasteiger partial charge is 0.433 e. The highest BCUT2D eigenvalue weighted by Gasteiger charge is 2.34. The van der Waals surface area contributed by atoms with E-state index >= 15 is 0 Å². The third-order valence-corrected chi connectivity index (χ3v) is 5.26. The van der Waals surface area contributed by atoms with Crippen molar-refractivity contribution in [3.05, 3.63) is 71.3 Å². The molecule has 1 heterocycles. The Morgan fingerprint density at radius 1 is 1.12 bits per heavy atom. The molecule has 0 fully saturated rings. The lowest BCUT2D eigenvalue weighted by molar-refractivity contribution is -0.144. The molecule has 0 spiro atoms. The third kappa shape index (κ3) is 5.05. The van der Waals surface area contributed by atoms with Crippen molar-refractivity contribution in [3.8, 4) is 5.75 Å². The van der Waals surface area contributed by atoms with Crippen LogP contribution in [0, 0.1) is 5.82 Å². The molecule has 1 aromatic heterocycles. The molecule has 3 aromatic rings. The normalized spacial score (nSPS) is 13.4. The Labute approximate surface area is 186 Å². The van der Waals surface area contributed by atoms with Crippen LogP contribution in [0.1, 0.15) is 41.9 Å². The molecule has 0 aliphatic rings. The van der Waals surface area contributed by atoms with Gasteiger partial charge < -0.3 is 15.2 Å². The van der Waals surface area contributed by atoms with Gasteiger partial charge in [0.1, 0.15) is 29.4 Å². The summed E-state index contributed by atoms with van der Waals surface area (Å²) in [4.78, 5) is 27.9. The number of nitrogens with zero attached hydrogens (tertiary/aromatic N) is 1. The zero-order chi connectivity index (χ0) is 24.4. The number of hydrogen-bond acceptors (Lipinski definition) is 4. The Hall–Kier alpha value is -3.69.